The molecule has 0 saturated carbocycles. The van der Waals surface area contributed by atoms with Gasteiger partial charge in [0.25, 0.3) is 0 Å². The fourth-order valence-electron chi connectivity index (χ4n) is 2.88. The highest BCUT2D eigenvalue weighted by Gasteiger charge is 2.24. The number of hydrogen-bond donors (Lipinski definition) is 0. The normalized spacial score (nSPS) is 12.1. The summed E-state index contributed by atoms with van der Waals surface area (Å²) in [5.74, 6) is 0.710. The number of hydrogen-bond acceptors (Lipinski definition) is 3. The van der Waals surface area contributed by atoms with E-state index in [-0.39, 0.29) is 5.41 Å². The van der Waals surface area contributed by atoms with Gasteiger partial charge in [-0.15, -0.1) is 0 Å². The minimum atomic E-state index is -0.0998. The van der Waals surface area contributed by atoms with E-state index in [0.717, 1.165) is 27.6 Å². The minimum Gasteiger partial charge on any atom is -0.438 e. The third-order valence-electron chi connectivity index (χ3n) is 3.98. The Labute approximate surface area is 135 Å². The average Bonchev–Trinajstić information content (AvgIpc) is 2.92. The zero-order valence-corrected chi connectivity index (χ0v) is 13.5. The van der Waals surface area contributed by atoms with Crippen LogP contribution in [0.2, 0.25) is 0 Å². The van der Waals surface area contributed by atoms with Gasteiger partial charge in [-0.3, -0.25) is 0 Å². The molecule has 0 unspecified atom stereocenters. The van der Waals surface area contributed by atoms with Crippen molar-refractivity contribution in [3.05, 3.63) is 60.3 Å². The zero-order chi connectivity index (χ0) is 16.0. The molecule has 0 amide bonds. The Morgan fingerprint density at radius 2 is 1.52 bits per heavy atom. The SMILES string of the molecule is CC(C)(C)c1nc(-c2ccccc2)nc2oc3ccccc3c12. The molecule has 0 aliphatic heterocycles. The largest absolute Gasteiger partial charge is 0.438 e. The monoisotopic (exact) mass is 302 g/mol. The van der Waals surface area contributed by atoms with Gasteiger partial charge in [0, 0.05) is 16.4 Å². The van der Waals surface area contributed by atoms with Crippen LogP contribution in [0.5, 0.6) is 0 Å². The summed E-state index contributed by atoms with van der Waals surface area (Å²) in [7, 11) is 0. The van der Waals surface area contributed by atoms with E-state index in [4.69, 9.17) is 9.40 Å². The van der Waals surface area contributed by atoms with E-state index in [0.29, 0.717) is 11.5 Å². The molecule has 23 heavy (non-hydrogen) atoms. The standard InChI is InChI=1S/C20H18N2O/c1-20(2,3)17-16-14-11-7-8-12-15(14)23-19(16)22-18(21-17)13-9-5-4-6-10-13/h4-12H,1-3H3. The molecule has 114 valence electrons. The molecule has 4 rings (SSSR count). The summed E-state index contributed by atoms with van der Waals surface area (Å²) in [5, 5.41) is 2.10. The lowest BCUT2D eigenvalue weighted by Gasteiger charge is -2.19. The van der Waals surface area contributed by atoms with Crippen LogP contribution in [0.4, 0.5) is 0 Å². The Morgan fingerprint density at radius 1 is 0.826 bits per heavy atom. The summed E-state index contributed by atoms with van der Waals surface area (Å²) in [6.07, 6.45) is 0. The molecule has 0 aliphatic rings. The van der Waals surface area contributed by atoms with Gasteiger partial charge in [0.1, 0.15) is 5.58 Å². The Bertz CT molecular complexity index is 995. The second-order valence-electron chi connectivity index (χ2n) is 6.79. The van der Waals surface area contributed by atoms with Gasteiger partial charge in [-0.25, -0.2) is 4.98 Å². The first-order chi connectivity index (χ1) is 11.0. The molecule has 0 bridgehead atoms. The smallest absolute Gasteiger partial charge is 0.231 e. The van der Waals surface area contributed by atoms with Crippen molar-refractivity contribution in [2.45, 2.75) is 26.2 Å². The van der Waals surface area contributed by atoms with E-state index in [1.165, 1.54) is 0 Å². The number of benzene rings is 2. The second kappa shape index (κ2) is 4.92. The van der Waals surface area contributed by atoms with E-state index in [2.05, 4.69) is 31.8 Å². The zero-order valence-electron chi connectivity index (χ0n) is 13.5. The van der Waals surface area contributed by atoms with E-state index in [1.807, 2.05) is 48.5 Å². The van der Waals surface area contributed by atoms with Gasteiger partial charge in [0.05, 0.1) is 11.1 Å². The highest BCUT2D eigenvalue weighted by molar-refractivity contribution is 6.05. The van der Waals surface area contributed by atoms with Gasteiger partial charge in [-0.2, -0.15) is 4.98 Å². The molecule has 0 fully saturated rings. The van der Waals surface area contributed by atoms with Crippen LogP contribution in [0.3, 0.4) is 0 Å². The third-order valence-corrected chi connectivity index (χ3v) is 3.98. The maximum atomic E-state index is 6.00. The van der Waals surface area contributed by atoms with Crippen molar-refractivity contribution in [3.63, 3.8) is 0 Å². The molecule has 0 radical (unpaired) electrons. The fraction of sp³-hybridized carbons (Fsp3) is 0.200. The van der Waals surface area contributed by atoms with Crippen LogP contribution >= 0.6 is 0 Å². The first kappa shape index (κ1) is 13.9. The number of fused-ring (bicyclic) bond motifs is 3. The van der Waals surface area contributed by atoms with E-state index < -0.39 is 0 Å². The molecule has 0 aliphatic carbocycles. The maximum absolute atomic E-state index is 6.00. The molecule has 0 N–H and O–H groups in total. The van der Waals surface area contributed by atoms with Crippen molar-refractivity contribution in [3.8, 4) is 11.4 Å². The number of para-hydroxylation sites is 1. The molecule has 2 aromatic carbocycles. The van der Waals surface area contributed by atoms with Gasteiger partial charge in [-0.05, 0) is 6.07 Å². The molecule has 0 saturated heterocycles. The van der Waals surface area contributed by atoms with E-state index in [9.17, 15) is 0 Å². The number of furan rings is 1. The summed E-state index contributed by atoms with van der Waals surface area (Å²) < 4.78 is 6.00. The van der Waals surface area contributed by atoms with Crippen molar-refractivity contribution < 1.29 is 4.42 Å². The van der Waals surface area contributed by atoms with Crippen molar-refractivity contribution in [1.82, 2.24) is 9.97 Å². The van der Waals surface area contributed by atoms with Crippen LogP contribution in [0.1, 0.15) is 26.5 Å². The highest BCUT2D eigenvalue weighted by atomic mass is 16.3. The van der Waals surface area contributed by atoms with Crippen LogP contribution < -0.4 is 0 Å². The molecule has 3 heteroatoms. The molecular formula is C20H18N2O. The molecular weight excluding hydrogens is 284 g/mol. The first-order valence-corrected chi connectivity index (χ1v) is 7.79. The number of rotatable bonds is 1. The van der Waals surface area contributed by atoms with Crippen LogP contribution in [-0.2, 0) is 5.41 Å². The second-order valence-corrected chi connectivity index (χ2v) is 6.79. The van der Waals surface area contributed by atoms with Crippen molar-refractivity contribution in [2.24, 2.45) is 0 Å². The summed E-state index contributed by atoms with van der Waals surface area (Å²) in [5.41, 5.74) is 3.43. The maximum Gasteiger partial charge on any atom is 0.231 e. The fourth-order valence-corrected chi connectivity index (χ4v) is 2.88. The highest BCUT2D eigenvalue weighted by Crippen LogP contribution is 2.36. The Kier molecular flexibility index (Phi) is 2.98. The van der Waals surface area contributed by atoms with Gasteiger partial charge < -0.3 is 4.42 Å². The van der Waals surface area contributed by atoms with Gasteiger partial charge >= 0.3 is 0 Å². The van der Waals surface area contributed by atoms with Crippen LogP contribution in [0.25, 0.3) is 33.5 Å². The first-order valence-electron chi connectivity index (χ1n) is 7.79. The molecule has 0 atom stereocenters. The molecule has 2 heterocycles. The Balaban J connectivity index is 2.12. The summed E-state index contributed by atoms with van der Waals surface area (Å²) in [6, 6.07) is 18.1. The number of nitrogens with zero attached hydrogens (tertiary/aromatic N) is 2. The van der Waals surface area contributed by atoms with Crippen LogP contribution in [0.15, 0.2) is 59.0 Å². The van der Waals surface area contributed by atoms with E-state index in [1.54, 1.807) is 0 Å². The van der Waals surface area contributed by atoms with Gasteiger partial charge in [-0.1, -0.05) is 69.3 Å². The van der Waals surface area contributed by atoms with Crippen molar-refractivity contribution in [2.75, 3.05) is 0 Å². The quantitative estimate of drug-likeness (QED) is 0.476. The van der Waals surface area contributed by atoms with Crippen LogP contribution in [0, 0.1) is 0 Å². The Morgan fingerprint density at radius 3 is 2.26 bits per heavy atom. The average molecular weight is 302 g/mol. The topological polar surface area (TPSA) is 38.9 Å². The predicted octanol–water partition coefficient (Wildman–Crippen LogP) is 5.34. The van der Waals surface area contributed by atoms with Gasteiger partial charge in [0.2, 0.25) is 5.71 Å². The van der Waals surface area contributed by atoms with Gasteiger partial charge in [0.15, 0.2) is 5.82 Å². The lowest BCUT2D eigenvalue weighted by atomic mass is 9.89. The third kappa shape index (κ3) is 2.29. The van der Waals surface area contributed by atoms with Crippen molar-refractivity contribution >= 4 is 22.1 Å². The predicted molar refractivity (Wildman–Crippen MR) is 93.4 cm³/mol. The molecule has 2 aromatic heterocycles. The minimum absolute atomic E-state index is 0.0998. The molecule has 0 spiro atoms. The van der Waals surface area contributed by atoms with E-state index >= 15 is 0 Å². The number of aromatic nitrogens is 2. The summed E-state index contributed by atoms with van der Waals surface area (Å²) in [6.45, 7) is 6.52. The summed E-state index contributed by atoms with van der Waals surface area (Å²) in [4.78, 5) is 9.57. The molecule has 3 nitrogen and oxygen atoms in total. The lowest BCUT2D eigenvalue weighted by Crippen LogP contribution is -2.15. The summed E-state index contributed by atoms with van der Waals surface area (Å²) >= 11 is 0. The lowest BCUT2D eigenvalue weighted by molar-refractivity contribution is 0.572. The van der Waals surface area contributed by atoms with Crippen LogP contribution in [-0.4, -0.2) is 9.97 Å². The molecule has 4 aromatic rings. The Hall–Kier alpha value is -2.68. The van der Waals surface area contributed by atoms with Crippen molar-refractivity contribution in [1.29, 1.82) is 0 Å².